The van der Waals surface area contributed by atoms with Crippen LogP contribution in [0.2, 0.25) is 0 Å². The predicted molar refractivity (Wildman–Crippen MR) is 70.3 cm³/mol. The molecule has 3 nitrogen and oxygen atoms in total. The van der Waals surface area contributed by atoms with Crippen LogP contribution in [0.4, 0.5) is 26.3 Å². The van der Waals surface area contributed by atoms with Crippen molar-refractivity contribution in [3.63, 3.8) is 0 Å². The Hall–Kier alpha value is -1.22. The van der Waals surface area contributed by atoms with Gasteiger partial charge in [-0.15, -0.1) is 0 Å². The van der Waals surface area contributed by atoms with Gasteiger partial charge < -0.3 is 14.0 Å². The third-order valence-electron chi connectivity index (χ3n) is 4.34. The minimum Gasteiger partial charge on any atom is -0.456 e. The van der Waals surface area contributed by atoms with Gasteiger partial charge in [-0.3, -0.25) is 0 Å². The van der Waals surface area contributed by atoms with Gasteiger partial charge in [0.2, 0.25) is 0 Å². The highest BCUT2D eigenvalue weighted by molar-refractivity contribution is 5.18. The normalized spacial score (nSPS) is 14.3. The fraction of sp³-hybridized carbons (Fsp3) is 0.714. The zero-order chi connectivity index (χ0) is 18.1. The lowest BCUT2D eigenvalue weighted by Crippen LogP contribution is -2.53. The summed E-state index contributed by atoms with van der Waals surface area (Å²) in [4.78, 5) is 0. The smallest absolute Gasteiger partial charge is 0.433 e. The Morgan fingerprint density at radius 1 is 0.913 bits per heavy atom. The molecule has 0 radical (unpaired) electrons. The summed E-state index contributed by atoms with van der Waals surface area (Å²) in [7, 11) is 0. The number of aliphatic hydroxyl groups is 1. The molecular weight excluding hydrogens is 328 g/mol. The number of furan rings is 1. The van der Waals surface area contributed by atoms with Crippen molar-refractivity contribution in [2.24, 2.45) is 0 Å². The van der Waals surface area contributed by atoms with Crippen molar-refractivity contribution in [2.45, 2.75) is 45.3 Å². The molecule has 0 aliphatic carbocycles. The first kappa shape index (κ1) is 19.8. The molecule has 23 heavy (non-hydrogen) atoms. The van der Waals surface area contributed by atoms with E-state index in [9.17, 15) is 31.4 Å². The summed E-state index contributed by atoms with van der Waals surface area (Å²) < 4.78 is 82.0. The van der Waals surface area contributed by atoms with Gasteiger partial charge in [-0.05, 0) is 32.9 Å². The topological polar surface area (TPSA) is 33.4 Å². The van der Waals surface area contributed by atoms with Gasteiger partial charge in [-0.2, -0.15) is 26.3 Å². The van der Waals surface area contributed by atoms with Gasteiger partial charge in [-0.1, -0.05) is 0 Å². The van der Waals surface area contributed by atoms with E-state index in [1.807, 2.05) is 20.8 Å². The van der Waals surface area contributed by atoms with Gasteiger partial charge in [0, 0.05) is 0 Å². The van der Waals surface area contributed by atoms with Crippen LogP contribution in [-0.2, 0) is 12.1 Å². The lowest BCUT2D eigenvalue weighted by atomic mass is 10.00. The van der Waals surface area contributed by atoms with Crippen molar-refractivity contribution in [1.82, 2.24) is 0 Å². The second kappa shape index (κ2) is 6.35. The highest BCUT2D eigenvalue weighted by Crippen LogP contribution is 2.50. The van der Waals surface area contributed by atoms with Gasteiger partial charge in [0.25, 0.3) is 0 Å². The van der Waals surface area contributed by atoms with E-state index in [0.29, 0.717) is 30.2 Å². The van der Waals surface area contributed by atoms with Crippen molar-refractivity contribution in [3.05, 3.63) is 23.7 Å². The van der Waals surface area contributed by atoms with Crippen molar-refractivity contribution in [3.8, 4) is 0 Å². The molecule has 1 aromatic heterocycles. The number of rotatable bonds is 6. The maximum absolute atomic E-state index is 12.8. The third kappa shape index (κ3) is 3.50. The van der Waals surface area contributed by atoms with Gasteiger partial charge in [0.15, 0.2) is 11.5 Å². The highest BCUT2D eigenvalue weighted by atomic mass is 19.4. The van der Waals surface area contributed by atoms with Crippen molar-refractivity contribution in [2.75, 3.05) is 19.6 Å². The second-order valence-corrected chi connectivity index (χ2v) is 5.42. The van der Waals surface area contributed by atoms with Crippen molar-refractivity contribution >= 4 is 0 Å². The molecule has 0 bridgehead atoms. The van der Waals surface area contributed by atoms with Crippen LogP contribution in [0, 0.1) is 0 Å². The molecule has 9 heteroatoms. The molecule has 0 unspecified atom stereocenters. The minimum absolute atomic E-state index is 0.0301. The molecule has 0 aliphatic rings. The first-order valence-corrected chi connectivity index (χ1v) is 7.17. The summed E-state index contributed by atoms with van der Waals surface area (Å²) in [5.74, 6) is -1.59. The highest BCUT2D eigenvalue weighted by Gasteiger charge is 2.73. The van der Waals surface area contributed by atoms with Crippen molar-refractivity contribution in [1.29, 1.82) is 0 Å². The fourth-order valence-corrected chi connectivity index (χ4v) is 2.43. The summed E-state index contributed by atoms with van der Waals surface area (Å²) in [5.41, 5.74) is -5.02. The standard InChI is InChI=1S/C14H20F6NO2/c1-4-21(5-2,6-3)9-10-7-8-11(23-10)12(22,13(15,16)17)14(18,19)20/h7-8,22H,4-6,9H2,1-3H3/q+1. The Bertz CT molecular complexity index is 494. The van der Waals surface area contributed by atoms with E-state index in [1.54, 1.807) is 0 Å². The first-order chi connectivity index (χ1) is 10.4. The van der Waals surface area contributed by atoms with E-state index in [-0.39, 0.29) is 12.3 Å². The summed E-state index contributed by atoms with van der Waals surface area (Å²) in [6.45, 7) is 7.70. The van der Waals surface area contributed by atoms with Crippen LogP contribution >= 0.6 is 0 Å². The van der Waals surface area contributed by atoms with Crippen LogP contribution < -0.4 is 0 Å². The zero-order valence-electron chi connectivity index (χ0n) is 13.1. The average Bonchev–Trinajstić information content (AvgIpc) is 2.90. The van der Waals surface area contributed by atoms with Crippen LogP contribution in [0.1, 0.15) is 32.3 Å². The third-order valence-corrected chi connectivity index (χ3v) is 4.34. The Morgan fingerprint density at radius 2 is 1.35 bits per heavy atom. The summed E-state index contributed by atoms with van der Waals surface area (Å²) in [6, 6.07) is 1.58. The Balaban J connectivity index is 3.25. The number of hydrogen-bond donors (Lipinski definition) is 1. The lowest BCUT2D eigenvalue weighted by molar-refractivity contribution is -0.937. The van der Waals surface area contributed by atoms with E-state index in [1.165, 1.54) is 0 Å². The van der Waals surface area contributed by atoms with Crippen LogP contribution in [-0.4, -0.2) is 41.6 Å². The maximum Gasteiger partial charge on any atom is 0.433 e. The first-order valence-electron chi connectivity index (χ1n) is 7.17. The molecule has 0 spiro atoms. The average molecular weight is 348 g/mol. The molecule has 0 saturated carbocycles. The molecule has 134 valence electrons. The number of nitrogens with zero attached hydrogens (tertiary/aromatic N) is 1. The molecule has 0 fully saturated rings. The van der Waals surface area contributed by atoms with E-state index in [0.717, 1.165) is 6.07 Å². The Kier molecular flexibility index (Phi) is 5.47. The monoisotopic (exact) mass is 348 g/mol. The quantitative estimate of drug-likeness (QED) is 0.623. The Morgan fingerprint density at radius 3 is 1.70 bits per heavy atom. The molecule has 0 amide bonds. The molecule has 0 aromatic carbocycles. The molecule has 1 rings (SSSR count). The Labute approximate surface area is 130 Å². The summed E-state index contributed by atoms with van der Waals surface area (Å²) >= 11 is 0. The van der Waals surface area contributed by atoms with Crippen LogP contribution in [0.5, 0.6) is 0 Å². The number of quaternary nitrogens is 1. The van der Waals surface area contributed by atoms with Crippen molar-refractivity contribution < 1.29 is 40.3 Å². The van der Waals surface area contributed by atoms with Gasteiger partial charge in [0.05, 0.1) is 19.6 Å². The van der Waals surface area contributed by atoms with E-state index >= 15 is 0 Å². The van der Waals surface area contributed by atoms with Crippen LogP contribution in [0.25, 0.3) is 0 Å². The summed E-state index contributed by atoms with van der Waals surface area (Å²) in [6.07, 6.45) is -11.9. The van der Waals surface area contributed by atoms with Gasteiger partial charge in [-0.25, -0.2) is 0 Å². The number of hydrogen-bond acceptors (Lipinski definition) is 2. The molecule has 0 saturated heterocycles. The lowest BCUT2D eigenvalue weighted by Gasteiger charge is -2.35. The molecular formula is C14H20F6NO2+. The second-order valence-electron chi connectivity index (χ2n) is 5.42. The largest absolute Gasteiger partial charge is 0.456 e. The number of halogens is 6. The molecule has 0 atom stereocenters. The SMILES string of the molecule is CC[N+](CC)(CC)Cc1ccc(C(O)(C(F)(F)F)C(F)(F)F)o1. The van der Waals surface area contributed by atoms with E-state index in [2.05, 4.69) is 0 Å². The minimum atomic E-state index is -5.94. The molecule has 1 aromatic rings. The molecule has 1 heterocycles. The van der Waals surface area contributed by atoms with Gasteiger partial charge >= 0.3 is 18.0 Å². The van der Waals surface area contributed by atoms with Crippen LogP contribution in [0.3, 0.4) is 0 Å². The van der Waals surface area contributed by atoms with Crippen LogP contribution in [0.15, 0.2) is 16.5 Å². The van der Waals surface area contributed by atoms with Gasteiger partial charge in [0.1, 0.15) is 6.54 Å². The summed E-state index contributed by atoms with van der Waals surface area (Å²) in [5, 5.41) is 9.29. The fourth-order valence-electron chi connectivity index (χ4n) is 2.43. The predicted octanol–water partition coefficient (Wildman–Crippen LogP) is 3.97. The van der Waals surface area contributed by atoms with E-state index < -0.39 is 23.7 Å². The number of alkyl halides is 6. The zero-order valence-corrected chi connectivity index (χ0v) is 13.1. The van der Waals surface area contributed by atoms with E-state index in [4.69, 9.17) is 4.42 Å². The maximum atomic E-state index is 12.8. The molecule has 1 N–H and O–H groups in total. The molecule has 0 aliphatic heterocycles.